The molecule has 2 heterocycles. The molecule has 0 unspecified atom stereocenters. The van der Waals surface area contributed by atoms with Gasteiger partial charge in [0.25, 0.3) is 0 Å². The molecule has 0 bridgehead atoms. The third kappa shape index (κ3) is 4.23. The molecule has 0 amide bonds. The van der Waals surface area contributed by atoms with E-state index >= 15 is 0 Å². The standard InChI is InChI=1S/C17H13N2.BrH.Ni/c1-13-5-4-6-14(11-13)15-8-10-19-17(12-15)16-7-2-3-9-18-16;;/h2-10,12H,1H3;1H;/q-1;;+1/p-1. The summed E-state index contributed by atoms with van der Waals surface area (Å²) in [4.78, 5) is 8.71. The van der Waals surface area contributed by atoms with Crippen molar-refractivity contribution in [3.05, 3.63) is 72.6 Å². The summed E-state index contributed by atoms with van der Waals surface area (Å²) >= 11 is 6.25. The van der Waals surface area contributed by atoms with Gasteiger partial charge in [-0.2, -0.15) is 0 Å². The van der Waals surface area contributed by atoms with Gasteiger partial charge in [0.2, 0.25) is 0 Å². The van der Waals surface area contributed by atoms with Crippen LogP contribution in [-0.4, -0.2) is 9.97 Å². The van der Waals surface area contributed by atoms with Gasteiger partial charge in [-0.05, 0) is 12.1 Å². The SMILES string of the molecule is Cc1[c-]c(-c2ccnc(-c3ccccn3)c2)ccc1.[Ni][Br]. The van der Waals surface area contributed by atoms with Crippen LogP contribution in [0.4, 0.5) is 0 Å². The molecule has 0 radical (unpaired) electrons. The summed E-state index contributed by atoms with van der Waals surface area (Å²) in [5, 5.41) is 0. The number of aromatic nitrogens is 2. The van der Waals surface area contributed by atoms with Crippen molar-refractivity contribution < 1.29 is 13.7 Å². The van der Waals surface area contributed by atoms with E-state index in [1.165, 1.54) is 0 Å². The average Bonchev–Trinajstić information content (AvgIpc) is 2.58. The summed E-state index contributed by atoms with van der Waals surface area (Å²) in [6.07, 6.45) is 3.60. The molecule has 3 aromatic rings. The monoisotopic (exact) mass is 382 g/mol. The number of pyridine rings is 2. The first-order valence-electron chi connectivity index (χ1n) is 6.32. The van der Waals surface area contributed by atoms with Crippen LogP contribution in [0.25, 0.3) is 22.5 Å². The van der Waals surface area contributed by atoms with Gasteiger partial charge in [0.05, 0.1) is 11.4 Å². The zero-order valence-electron chi connectivity index (χ0n) is 11.4. The Morgan fingerprint density at radius 2 is 1.71 bits per heavy atom. The molecule has 4 heteroatoms. The first kappa shape index (κ1) is 15.9. The molecule has 109 valence electrons. The molecule has 0 aliphatic carbocycles. The molecule has 0 aliphatic heterocycles. The van der Waals surface area contributed by atoms with Crippen molar-refractivity contribution in [3.63, 3.8) is 0 Å². The van der Waals surface area contributed by atoms with Gasteiger partial charge in [0, 0.05) is 12.4 Å². The zero-order chi connectivity index (χ0) is 15.1. The van der Waals surface area contributed by atoms with E-state index < -0.39 is 0 Å². The Hall–Kier alpha value is -1.51. The van der Waals surface area contributed by atoms with Gasteiger partial charge in [-0.15, -0.1) is 35.4 Å². The Labute approximate surface area is 139 Å². The average molecular weight is 384 g/mol. The van der Waals surface area contributed by atoms with Crippen molar-refractivity contribution in [2.24, 2.45) is 0 Å². The van der Waals surface area contributed by atoms with Crippen LogP contribution < -0.4 is 0 Å². The predicted molar refractivity (Wildman–Crippen MR) is 85.4 cm³/mol. The van der Waals surface area contributed by atoms with Crippen LogP contribution in [0.2, 0.25) is 0 Å². The molecule has 0 N–H and O–H groups in total. The van der Waals surface area contributed by atoms with Gasteiger partial charge in [0.15, 0.2) is 0 Å². The van der Waals surface area contributed by atoms with Crippen LogP contribution in [0.3, 0.4) is 0 Å². The van der Waals surface area contributed by atoms with Gasteiger partial charge in [-0.1, -0.05) is 30.7 Å². The van der Waals surface area contributed by atoms with Gasteiger partial charge in [-0.25, -0.2) is 0 Å². The molecular formula is C17H13BrN2Ni-. The van der Waals surface area contributed by atoms with Gasteiger partial charge in [-0.3, -0.25) is 9.97 Å². The molecule has 1 aromatic carbocycles. The second-order valence-corrected chi connectivity index (χ2v) is 4.39. The minimum absolute atomic E-state index is 0.882. The fourth-order valence-corrected chi connectivity index (χ4v) is 2.01. The van der Waals surface area contributed by atoms with Crippen molar-refractivity contribution in [3.8, 4) is 22.5 Å². The van der Waals surface area contributed by atoms with Crippen molar-refractivity contribution in [2.75, 3.05) is 0 Å². The van der Waals surface area contributed by atoms with E-state index in [0.29, 0.717) is 0 Å². The molecule has 21 heavy (non-hydrogen) atoms. The number of nitrogens with zero attached hydrogens (tertiary/aromatic N) is 2. The second kappa shape index (κ2) is 8.06. The van der Waals surface area contributed by atoms with Crippen molar-refractivity contribution >= 4 is 14.2 Å². The Kier molecular flexibility index (Phi) is 6.09. The molecule has 0 atom stereocenters. The molecule has 2 nitrogen and oxygen atoms in total. The number of aryl methyl sites for hydroxylation is 1. The number of benzene rings is 1. The summed E-state index contributed by atoms with van der Waals surface area (Å²) in [7, 11) is 0. The Bertz CT molecular complexity index is 702. The third-order valence-corrected chi connectivity index (χ3v) is 2.94. The maximum atomic E-state index is 4.38. The number of hydrogen-bond donors (Lipinski definition) is 0. The van der Waals surface area contributed by atoms with Crippen LogP contribution in [0.1, 0.15) is 5.56 Å². The fraction of sp³-hybridized carbons (Fsp3) is 0.0588. The van der Waals surface area contributed by atoms with Crippen molar-refractivity contribution in [1.29, 1.82) is 0 Å². The number of rotatable bonds is 2. The van der Waals surface area contributed by atoms with E-state index in [2.05, 4.69) is 50.0 Å². The minimum atomic E-state index is 0.882. The van der Waals surface area contributed by atoms with Crippen LogP contribution in [-0.2, 0) is 13.7 Å². The van der Waals surface area contributed by atoms with E-state index in [9.17, 15) is 0 Å². The summed E-state index contributed by atoms with van der Waals surface area (Å²) in [6.45, 7) is 2.05. The van der Waals surface area contributed by atoms with E-state index in [1.807, 2.05) is 55.6 Å². The van der Waals surface area contributed by atoms with E-state index in [-0.39, 0.29) is 0 Å². The Balaban J connectivity index is 0.000000774. The Morgan fingerprint density at radius 1 is 0.905 bits per heavy atom. The molecule has 0 saturated heterocycles. The molecule has 0 fully saturated rings. The maximum absolute atomic E-state index is 4.38. The van der Waals surface area contributed by atoms with Crippen molar-refractivity contribution in [2.45, 2.75) is 6.92 Å². The molecular weight excluding hydrogens is 371 g/mol. The third-order valence-electron chi connectivity index (χ3n) is 2.94. The Morgan fingerprint density at radius 3 is 2.43 bits per heavy atom. The van der Waals surface area contributed by atoms with Gasteiger partial charge >= 0.3 is 27.9 Å². The zero-order valence-corrected chi connectivity index (χ0v) is 13.9. The summed E-state index contributed by atoms with van der Waals surface area (Å²) in [5.74, 6) is 0. The molecule has 0 spiro atoms. The first-order valence-corrected chi connectivity index (χ1v) is 8.76. The summed E-state index contributed by atoms with van der Waals surface area (Å²) < 4.78 is 0. The van der Waals surface area contributed by atoms with Crippen LogP contribution in [0.5, 0.6) is 0 Å². The predicted octanol–water partition coefficient (Wildman–Crippen LogP) is 4.76. The normalized spacial score (nSPS) is 9.71. The molecule has 0 aliphatic rings. The van der Waals surface area contributed by atoms with Gasteiger partial charge < -0.3 is 0 Å². The van der Waals surface area contributed by atoms with E-state index in [4.69, 9.17) is 0 Å². The number of hydrogen-bond acceptors (Lipinski definition) is 2. The summed E-state index contributed by atoms with van der Waals surface area (Å²) in [6, 6.07) is 19.4. The summed E-state index contributed by atoms with van der Waals surface area (Å²) in [5.41, 5.74) is 5.10. The van der Waals surface area contributed by atoms with E-state index in [1.54, 1.807) is 6.20 Å². The molecule has 2 aromatic heterocycles. The van der Waals surface area contributed by atoms with E-state index in [0.717, 1.165) is 28.1 Å². The second-order valence-electron chi connectivity index (χ2n) is 4.39. The topological polar surface area (TPSA) is 25.8 Å². The molecule has 3 rings (SSSR count). The van der Waals surface area contributed by atoms with Crippen LogP contribution in [0.15, 0.2) is 60.9 Å². The van der Waals surface area contributed by atoms with Crippen LogP contribution >= 0.6 is 14.2 Å². The fourth-order valence-electron chi connectivity index (χ4n) is 2.01. The van der Waals surface area contributed by atoms with Crippen molar-refractivity contribution in [1.82, 2.24) is 9.97 Å². The quantitative estimate of drug-likeness (QED) is 0.471. The molecule has 0 saturated carbocycles. The van der Waals surface area contributed by atoms with Crippen LogP contribution in [0, 0.1) is 13.0 Å². The van der Waals surface area contributed by atoms with Gasteiger partial charge in [0.1, 0.15) is 0 Å². The number of halogens is 1. The first-order chi connectivity index (χ1) is 10.3.